The average molecular weight is 322 g/mol. The standard InChI is InChI=1S/C14H9ClFN3OS/c15-8-3-4-9(10(16)6-8)13(20)19-14-18-12(7-21-14)11-2-1-5-17-11/h1-7,17H,(H,18,19,20). The van der Waals surface area contributed by atoms with Crippen LogP contribution in [0.5, 0.6) is 0 Å². The predicted octanol–water partition coefficient (Wildman–Crippen LogP) is 4.18. The molecule has 0 fully saturated rings. The van der Waals surface area contributed by atoms with Gasteiger partial charge in [-0.2, -0.15) is 0 Å². The van der Waals surface area contributed by atoms with Crippen molar-refractivity contribution >= 4 is 34.0 Å². The lowest BCUT2D eigenvalue weighted by molar-refractivity contribution is 0.102. The molecule has 0 aliphatic rings. The van der Waals surface area contributed by atoms with E-state index in [1.54, 1.807) is 11.6 Å². The van der Waals surface area contributed by atoms with Crippen molar-refractivity contribution in [2.75, 3.05) is 5.32 Å². The van der Waals surface area contributed by atoms with Gasteiger partial charge in [-0.05, 0) is 30.3 Å². The predicted molar refractivity (Wildman–Crippen MR) is 81.3 cm³/mol. The van der Waals surface area contributed by atoms with Crippen LogP contribution in [0.3, 0.4) is 0 Å². The van der Waals surface area contributed by atoms with Crippen LogP contribution in [-0.4, -0.2) is 15.9 Å². The molecule has 21 heavy (non-hydrogen) atoms. The number of hydrogen-bond acceptors (Lipinski definition) is 3. The second kappa shape index (κ2) is 5.67. The van der Waals surface area contributed by atoms with Gasteiger partial charge in [0.05, 0.1) is 17.0 Å². The van der Waals surface area contributed by atoms with Crippen LogP contribution in [0.15, 0.2) is 41.9 Å². The number of aromatic nitrogens is 2. The molecule has 0 atom stereocenters. The molecule has 2 heterocycles. The maximum Gasteiger partial charge on any atom is 0.260 e. The summed E-state index contributed by atoms with van der Waals surface area (Å²) in [5.74, 6) is -1.22. The van der Waals surface area contributed by atoms with E-state index in [1.807, 2.05) is 12.1 Å². The molecule has 3 aromatic rings. The van der Waals surface area contributed by atoms with Crippen LogP contribution in [-0.2, 0) is 0 Å². The fraction of sp³-hybridized carbons (Fsp3) is 0. The maximum absolute atomic E-state index is 13.7. The molecule has 2 N–H and O–H groups in total. The van der Waals surface area contributed by atoms with Crippen molar-refractivity contribution in [2.45, 2.75) is 0 Å². The molecule has 0 aliphatic carbocycles. The monoisotopic (exact) mass is 321 g/mol. The first-order chi connectivity index (χ1) is 10.1. The molecular formula is C14H9ClFN3OS. The van der Waals surface area contributed by atoms with Gasteiger partial charge in [0.15, 0.2) is 5.13 Å². The average Bonchev–Trinajstić information content (AvgIpc) is 3.08. The molecule has 0 saturated carbocycles. The lowest BCUT2D eigenvalue weighted by Gasteiger charge is -2.03. The molecule has 4 nitrogen and oxygen atoms in total. The number of rotatable bonds is 3. The Hall–Kier alpha value is -2.18. The maximum atomic E-state index is 13.7. The van der Waals surface area contributed by atoms with Crippen molar-refractivity contribution in [3.8, 4) is 11.4 Å². The number of hydrogen-bond donors (Lipinski definition) is 2. The Balaban J connectivity index is 1.79. The van der Waals surface area contributed by atoms with E-state index in [9.17, 15) is 9.18 Å². The summed E-state index contributed by atoms with van der Waals surface area (Å²) in [6, 6.07) is 7.64. The number of anilines is 1. The third-order valence-corrected chi connectivity index (χ3v) is 3.77. The largest absolute Gasteiger partial charge is 0.360 e. The van der Waals surface area contributed by atoms with Crippen LogP contribution in [0, 0.1) is 5.82 Å². The summed E-state index contributed by atoms with van der Waals surface area (Å²) in [5, 5.41) is 5.02. The number of thiazole rings is 1. The number of halogens is 2. The van der Waals surface area contributed by atoms with Crippen molar-refractivity contribution in [2.24, 2.45) is 0 Å². The molecule has 1 amide bonds. The van der Waals surface area contributed by atoms with Crippen molar-refractivity contribution in [1.29, 1.82) is 0 Å². The van der Waals surface area contributed by atoms with Crippen molar-refractivity contribution in [3.63, 3.8) is 0 Å². The molecule has 0 bridgehead atoms. The Bertz CT molecular complexity index is 785. The molecule has 0 unspecified atom stereocenters. The zero-order chi connectivity index (χ0) is 14.8. The molecular weight excluding hydrogens is 313 g/mol. The second-order valence-electron chi connectivity index (χ2n) is 4.20. The highest BCUT2D eigenvalue weighted by molar-refractivity contribution is 7.14. The van der Waals surface area contributed by atoms with Crippen LogP contribution in [0.1, 0.15) is 10.4 Å². The second-order valence-corrected chi connectivity index (χ2v) is 5.49. The van der Waals surface area contributed by atoms with Gasteiger partial charge in [0.1, 0.15) is 5.82 Å². The van der Waals surface area contributed by atoms with Crippen LogP contribution in [0.25, 0.3) is 11.4 Å². The van der Waals surface area contributed by atoms with Crippen molar-refractivity contribution in [3.05, 3.63) is 58.3 Å². The molecule has 1 aromatic carbocycles. The highest BCUT2D eigenvalue weighted by Crippen LogP contribution is 2.24. The summed E-state index contributed by atoms with van der Waals surface area (Å²) in [6.45, 7) is 0. The summed E-state index contributed by atoms with van der Waals surface area (Å²) in [5.41, 5.74) is 1.50. The van der Waals surface area contributed by atoms with E-state index >= 15 is 0 Å². The van der Waals surface area contributed by atoms with Gasteiger partial charge >= 0.3 is 0 Å². The molecule has 106 valence electrons. The first-order valence-corrected chi connectivity index (χ1v) is 7.25. The first-order valence-electron chi connectivity index (χ1n) is 5.99. The number of aromatic amines is 1. The van der Waals surface area contributed by atoms with E-state index in [4.69, 9.17) is 11.6 Å². The minimum Gasteiger partial charge on any atom is -0.360 e. The third-order valence-electron chi connectivity index (χ3n) is 2.77. The fourth-order valence-electron chi connectivity index (χ4n) is 1.78. The SMILES string of the molecule is O=C(Nc1nc(-c2ccc[nH]2)cs1)c1ccc(Cl)cc1F. The minimum absolute atomic E-state index is 0.0731. The quantitative estimate of drug-likeness (QED) is 0.760. The summed E-state index contributed by atoms with van der Waals surface area (Å²) in [6.07, 6.45) is 1.79. The fourth-order valence-corrected chi connectivity index (χ4v) is 2.65. The van der Waals surface area contributed by atoms with Crippen LogP contribution < -0.4 is 5.32 Å². The van der Waals surface area contributed by atoms with Gasteiger partial charge in [0.2, 0.25) is 0 Å². The molecule has 3 rings (SSSR count). The zero-order valence-corrected chi connectivity index (χ0v) is 12.1. The Morgan fingerprint density at radius 1 is 1.38 bits per heavy atom. The highest BCUT2D eigenvalue weighted by atomic mass is 35.5. The van der Waals surface area contributed by atoms with Crippen molar-refractivity contribution < 1.29 is 9.18 Å². The smallest absolute Gasteiger partial charge is 0.260 e. The number of nitrogens with one attached hydrogen (secondary N) is 2. The van der Waals surface area contributed by atoms with Crippen LogP contribution in [0.2, 0.25) is 5.02 Å². The van der Waals surface area contributed by atoms with E-state index in [-0.39, 0.29) is 10.6 Å². The van der Waals surface area contributed by atoms with Crippen molar-refractivity contribution in [1.82, 2.24) is 9.97 Å². The number of amides is 1. The number of carbonyl (C=O) groups excluding carboxylic acids is 1. The molecule has 7 heteroatoms. The highest BCUT2D eigenvalue weighted by Gasteiger charge is 2.14. The van der Waals surface area contributed by atoms with E-state index in [1.165, 1.54) is 23.5 Å². The Labute approximate surface area is 128 Å². The minimum atomic E-state index is -0.666. The van der Waals surface area contributed by atoms with Gasteiger partial charge in [-0.15, -0.1) is 11.3 Å². The van der Waals surface area contributed by atoms with Gasteiger partial charge in [-0.3, -0.25) is 10.1 Å². The van der Waals surface area contributed by atoms with Crippen LogP contribution >= 0.6 is 22.9 Å². The van der Waals surface area contributed by atoms with Gasteiger partial charge in [-0.25, -0.2) is 9.37 Å². The lowest BCUT2D eigenvalue weighted by atomic mass is 10.2. The normalized spacial score (nSPS) is 10.6. The zero-order valence-electron chi connectivity index (χ0n) is 10.6. The Kier molecular flexibility index (Phi) is 3.72. The number of carbonyl (C=O) groups is 1. The van der Waals surface area contributed by atoms with E-state index in [0.29, 0.717) is 5.13 Å². The topological polar surface area (TPSA) is 57.8 Å². The van der Waals surface area contributed by atoms with E-state index in [2.05, 4.69) is 15.3 Å². The van der Waals surface area contributed by atoms with Gasteiger partial charge in [0, 0.05) is 16.6 Å². The summed E-state index contributed by atoms with van der Waals surface area (Å²) in [7, 11) is 0. The molecule has 0 saturated heterocycles. The van der Waals surface area contributed by atoms with Crippen LogP contribution in [0.4, 0.5) is 9.52 Å². The Morgan fingerprint density at radius 2 is 2.24 bits per heavy atom. The van der Waals surface area contributed by atoms with E-state index in [0.717, 1.165) is 17.5 Å². The Morgan fingerprint density at radius 3 is 2.95 bits per heavy atom. The molecule has 0 radical (unpaired) electrons. The third kappa shape index (κ3) is 2.96. The first kappa shape index (κ1) is 13.8. The summed E-state index contributed by atoms with van der Waals surface area (Å²) >= 11 is 6.92. The molecule has 2 aromatic heterocycles. The number of benzene rings is 1. The molecule has 0 spiro atoms. The number of nitrogens with zero attached hydrogens (tertiary/aromatic N) is 1. The number of H-pyrrole nitrogens is 1. The summed E-state index contributed by atoms with van der Waals surface area (Å²) in [4.78, 5) is 19.3. The summed E-state index contributed by atoms with van der Waals surface area (Å²) < 4.78 is 13.7. The van der Waals surface area contributed by atoms with Gasteiger partial charge in [-0.1, -0.05) is 11.6 Å². The molecule has 0 aliphatic heterocycles. The lowest BCUT2D eigenvalue weighted by Crippen LogP contribution is -2.13. The van der Waals surface area contributed by atoms with Gasteiger partial charge in [0.25, 0.3) is 5.91 Å². The van der Waals surface area contributed by atoms with E-state index < -0.39 is 11.7 Å². The van der Waals surface area contributed by atoms with Gasteiger partial charge < -0.3 is 4.98 Å².